The van der Waals surface area contributed by atoms with E-state index >= 15 is 0 Å². The highest BCUT2D eigenvalue weighted by molar-refractivity contribution is 5.87. The van der Waals surface area contributed by atoms with Gasteiger partial charge in [0.1, 0.15) is 11.4 Å². The molecule has 0 saturated carbocycles. The van der Waals surface area contributed by atoms with Crippen molar-refractivity contribution in [2.24, 2.45) is 10.9 Å². The number of rotatable bonds is 3. The number of carbonyl (C=O) groups excluding carboxylic acids is 1. The minimum atomic E-state index is -0.448. The molecule has 1 aliphatic heterocycles. The zero-order chi connectivity index (χ0) is 14.5. The molecule has 0 aliphatic carbocycles. The standard InChI is InChI=1S/C14H27N3O2/c1-11(2)6-7-15-12-10-17(9-8-16-12)13(18)19-14(3,4)5/h11H,6-10H2,1-5H3,(H,15,16). The third-order valence-corrected chi connectivity index (χ3v) is 2.72. The van der Waals surface area contributed by atoms with Gasteiger partial charge >= 0.3 is 6.09 Å². The summed E-state index contributed by atoms with van der Waals surface area (Å²) in [5.74, 6) is 1.55. The molecule has 0 bridgehead atoms. The molecule has 0 spiro atoms. The van der Waals surface area contributed by atoms with Crippen molar-refractivity contribution in [3.05, 3.63) is 0 Å². The van der Waals surface area contributed by atoms with E-state index in [0.717, 1.165) is 18.8 Å². The smallest absolute Gasteiger partial charge is 0.410 e. The highest BCUT2D eigenvalue weighted by Gasteiger charge is 2.24. The van der Waals surface area contributed by atoms with E-state index in [-0.39, 0.29) is 6.09 Å². The second-order valence-corrected chi connectivity index (χ2v) is 6.34. The maximum Gasteiger partial charge on any atom is 0.410 e. The zero-order valence-electron chi connectivity index (χ0n) is 12.8. The average molecular weight is 269 g/mol. The first-order chi connectivity index (χ1) is 8.78. The van der Waals surface area contributed by atoms with Gasteiger partial charge in [0.2, 0.25) is 0 Å². The van der Waals surface area contributed by atoms with Crippen molar-refractivity contribution in [3.8, 4) is 0 Å². The third kappa shape index (κ3) is 6.45. The maximum absolute atomic E-state index is 12.0. The summed E-state index contributed by atoms with van der Waals surface area (Å²) in [6.07, 6.45) is 0.844. The second kappa shape index (κ2) is 6.78. The van der Waals surface area contributed by atoms with Gasteiger partial charge in [-0.3, -0.25) is 9.89 Å². The minimum absolute atomic E-state index is 0.259. The van der Waals surface area contributed by atoms with Gasteiger partial charge in [0.15, 0.2) is 0 Å². The fourth-order valence-electron chi connectivity index (χ4n) is 1.71. The van der Waals surface area contributed by atoms with E-state index < -0.39 is 5.60 Å². The van der Waals surface area contributed by atoms with Crippen LogP contribution in [0.25, 0.3) is 0 Å². The van der Waals surface area contributed by atoms with Crippen LogP contribution in [0.5, 0.6) is 0 Å². The summed E-state index contributed by atoms with van der Waals surface area (Å²) in [5, 5.41) is 3.30. The number of carbonyl (C=O) groups is 1. The Morgan fingerprint density at radius 3 is 2.74 bits per heavy atom. The van der Waals surface area contributed by atoms with Gasteiger partial charge in [-0.2, -0.15) is 0 Å². The van der Waals surface area contributed by atoms with E-state index in [2.05, 4.69) is 24.2 Å². The lowest BCUT2D eigenvalue weighted by atomic mass is 10.1. The SMILES string of the molecule is CC(C)CCNC1=NCCN(C(=O)OC(C)(C)C)C1. The van der Waals surface area contributed by atoms with Crippen LogP contribution in [0.15, 0.2) is 4.99 Å². The van der Waals surface area contributed by atoms with Gasteiger partial charge in [0.25, 0.3) is 0 Å². The number of nitrogens with one attached hydrogen (secondary N) is 1. The monoisotopic (exact) mass is 269 g/mol. The van der Waals surface area contributed by atoms with Crippen molar-refractivity contribution in [1.29, 1.82) is 0 Å². The Hall–Kier alpha value is -1.26. The number of nitrogens with zero attached hydrogens (tertiary/aromatic N) is 2. The molecule has 0 unspecified atom stereocenters. The van der Waals surface area contributed by atoms with Gasteiger partial charge in [0, 0.05) is 13.1 Å². The molecule has 0 saturated heterocycles. The molecule has 1 heterocycles. The highest BCUT2D eigenvalue weighted by Crippen LogP contribution is 2.11. The normalized spacial score (nSPS) is 16.3. The van der Waals surface area contributed by atoms with Crippen LogP contribution in [0.2, 0.25) is 0 Å². The minimum Gasteiger partial charge on any atom is -0.444 e. The van der Waals surface area contributed by atoms with E-state index in [9.17, 15) is 4.79 Å². The Labute approximate surface area is 116 Å². The summed E-state index contributed by atoms with van der Waals surface area (Å²) in [5.41, 5.74) is -0.448. The molecule has 0 atom stereocenters. The molecule has 0 fully saturated rings. The first-order valence-electron chi connectivity index (χ1n) is 7.03. The fraction of sp³-hybridized carbons (Fsp3) is 0.857. The fourth-order valence-corrected chi connectivity index (χ4v) is 1.71. The first kappa shape index (κ1) is 15.8. The molecule has 1 N–H and O–H groups in total. The Balaban J connectivity index is 2.40. The van der Waals surface area contributed by atoms with E-state index in [1.165, 1.54) is 0 Å². The van der Waals surface area contributed by atoms with Crippen molar-refractivity contribution < 1.29 is 9.53 Å². The molecule has 0 aromatic carbocycles. The molecular weight excluding hydrogens is 242 g/mol. The number of aliphatic imine (C=N–C) groups is 1. The number of hydrogen-bond acceptors (Lipinski definition) is 4. The summed E-state index contributed by atoms with van der Waals surface area (Å²) < 4.78 is 5.37. The highest BCUT2D eigenvalue weighted by atomic mass is 16.6. The quantitative estimate of drug-likeness (QED) is 0.855. The van der Waals surface area contributed by atoms with E-state index in [4.69, 9.17) is 4.74 Å². The molecule has 19 heavy (non-hydrogen) atoms. The van der Waals surface area contributed by atoms with Gasteiger partial charge in [0.05, 0.1) is 13.1 Å². The van der Waals surface area contributed by atoms with E-state index in [1.54, 1.807) is 4.90 Å². The van der Waals surface area contributed by atoms with Crippen LogP contribution in [-0.4, -0.2) is 48.6 Å². The molecule has 1 aliphatic rings. The Bertz CT molecular complexity index is 332. The lowest BCUT2D eigenvalue weighted by molar-refractivity contribution is 0.0276. The van der Waals surface area contributed by atoms with Crippen LogP contribution in [0.1, 0.15) is 41.0 Å². The predicted molar refractivity (Wildman–Crippen MR) is 77.6 cm³/mol. The van der Waals surface area contributed by atoms with E-state index in [1.807, 2.05) is 20.8 Å². The zero-order valence-corrected chi connectivity index (χ0v) is 12.8. The van der Waals surface area contributed by atoms with Crippen molar-refractivity contribution >= 4 is 11.9 Å². The number of amides is 1. The number of hydrogen-bond donors (Lipinski definition) is 1. The Morgan fingerprint density at radius 1 is 1.47 bits per heavy atom. The van der Waals surface area contributed by atoms with Crippen molar-refractivity contribution in [3.63, 3.8) is 0 Å². The van der Waals surface area contributed by atoms with Crippen LogP contribution < -0.4 is 5.32 Å². The van der Waals surface area contributed by atoms with Crippen LogP contribution >= 0.6 is 0 Å². The average Bonchev–Trinajstić information content (AvgIpc) is 2.26. The molecule has 5 nitrogen and oxygen atoms in total. The second-order valence-electron chi connectivity index (χ2n) is 6.34. The molecule has 0 radical (unpaired) electrons. The Morgan fingerprint density at radius 2 is 2.16 bits per heavy atom. The van der Waals surface area contributed by atoms with Crippen molar-refractivity contribution in [2.45, 2.75) is 46.6 Å². The topological polar surface area (TPSA) is 53.9 Å². The van der Waals surface area contributed by atoms with Gasteiger partial charge in [-0.15, -0.1) is 0 Å². The number of ether oxygens (including phenoxy) is 1. The van der Waals surface area contributed by atoms with Gasteiger partial charge in [-0.25, -0.2) is 4.79 Å². The van der Waals surface area contributed by atoms with Crippen LogP contribution in [0.4, 0.5) is 4.79 Å². The van der Waals surface area contributed by atoms with Crippen LogP contribution in [0.3, 0.4) is 0 Å². The molecule has 110 valence electrons. The lowest BCUT2D eigenvalue weighted by Crippen LogP contribution is -2.47. The Kier molecular flexibility index (Phi) is 5.63. The van der Waals surface area contributed by atoms with Gasteiger partial charge < -0.3 is 10.1 Å². The predicted octanol–water partition coefficient (Wildman–Crippen LogP) is 2.27. The first-order valence-corrected chi connectivity index (χ1v) is 7.03. The van der Waals surface area contributed by atoms with Crippen molar-refractivity contribution in [2.75, 3.05) is 26.2 Å². The molecule has 0 aromatic heterocycles. The third-order valence-electron chi connectivity index (χ3n) is 2.72. The molecule has 0 aromatic rings. The summed E-state index contributed by atoms with van der Waals surface area (Å²) in [6, 6.07) is 0. The molecule has 1 rings (SSSR count). The number of amidine groups is 1. The van der Waals surface area contributed by atoms with Gasteiger partial charge in [-0.1, -0.05) is 13.8 Å². The lowest BCUT2D eigenvalue weighted by Gasteiger charge is -2.30. The van der Waals surface area contributed by atoms with Crippen molar-refractivity contribution in [1.82, 2.24) is 10.2 Å². The molecule has 1 amide bonds. The summed E-state index contributed by atoms with van der Waals surface area (Å²) in [7, 11) is 0. The molecular formula is C14H27N3O2. The molecule has 5 heteroatoms. The summed E-state index contributed by atoms with van der Waals surface area (Å²) in [6.45, 7) is 12.7. The van der Waals surface area contributed by atoms with Crippen LogP contribution in [-0.2, 0) is 4.74 Å². The summed E-state index contributed by atoms with van der Waals surface area (Å²) >= 11 is 0. The van der Waals surface area contributed by atoms with Gasteiger partial charge in [-0.05, 0) is 33.1 Å². The summed E-state index contributed by atoms with van der Waals surface area (Å²) in [4.78, 5) is 18.1. The maximum atomic E-state index is 12.0. The largest absolute Gasteiger partial charge is 0.444 e. The van der Waals surface area contributed by atoms with E-state index in [0.29, 0.717) is 25.6 Å². The van der Waals surface area contributed by atoms with Crippen LogP contribution in [0, 0.1) is 5.92 Å².